The zero-order chi connectivity index (χ0) is 35.5. The first-order valence-electron chi connectivity index (χ1n) is 18.1. The van der Waals surface area contributed by atoms with Gasteiger partial charge < -0.3 is 28.9 Å². The first-order chi connectivity index (χ1) is 22.6. The fraction of sp³-hybridized carbons (Fsp3) is 0.634. The second kappa shape index (κ2) is 18.2. The molecule has 2 atom stereocenters. The van der Waals surface area contributed by atoms with Crippen LogP contribution in [0.15, 0.2) is 35.5 Å². The van der Waals surface area contributed by atoms with Crippen molar-refractivity contribution in [1.82, 2.24) is 14.7 Å². The van der Waals surface area contributed by atoms with Crippen molar-refractivity contribution in [1.29, 1.82) is 0 Å². The Morgan fingerprint density at radius 2 is 1.19 bits per heavy atom. The summed E-state index contributed by atoms with van der Waals surface area (Å²) < 4.78 is 20.3. The van der Waals surface area contributed by atoms with E-state index in [1.54, 1.807) is 6.92 Å². The van der Waals surface area contributed by atoms with Gasteiger partial charge in [0.1, 0.15) is 34.0 Å². The molecule has 0 bridgehead atoms. The van der Waals surface area contributed by atoms with E-state index < -0.39 is 11.2 Å². The van der Waals surface area contributed by atoms with E-state index in [0.29, 0.717) is 23.7 Å². The second-order valence-electron chi connectivity index (χ2n) is 15.2. The van der Waals surface area contributed by atoms with E-state index in [2.05, 4.69) is 121 Å². The van der Waals surface area contributed by atoms with E-state index in [4.69, 9.17) is 14.2 Å². The summed E-state index contributed by atoms with van der Waals surface area (Å²) in [6.07, 6.45) is 19.5. The molecule has 0 fully saturated rings. The molecule has 268 valence electrons. The van der Waals surface area contributed by atoms with Crippen molar-refractivity contribution in [3.63, 3.8) is 0 Å². The lowest BCUT2D eigenvalue weighted by molar-refractivity contribution is 0.0972. The third kappa shape index (κ3) is 11.9. The van der Waals surface area contributed by atoms with Gasteiger partial charge in [-0.15, -0.1) is 0 Å². The molecule has 1 aromatic rings. The molecule has 0 radical (unpaired) electrons. The van der Waals surface area contributed by atoms with Crippen LogP contribution in [0.25, 0.3) is 12.2 Å². The van der Waals surface area contributed by atoms with Crippen LogP contribution in [0.1, 0.15) is 115 Å². The maximum atomic E-state index is 13.5. The summed E-state index contributed by atoms with van der Waals surface area (Å²) in [5, 5.41) is 0. The number of Topliss-reactive ketones (excluding diaryl/α,β-unsaturated/α-hetero) is 1. The number of ketones is 1. The summed E-state index contributed by atoms with van der Waals surface area (Å²) in [6.45, 7) is 20.1. The third-order valence-electron chi connectivity index (χ3n) is 9.07. The average molecular weight is 664 g/mol. The van der Waals surface area contributed by atoms with Gasteiger partial charge in [0, 0.05) is 6.54 Å². The molecule has 7 heteroatoms. The number of allylic oxidation sites excluding steroid dienone is 4. The average Bonchev–Trinajstić information content (AvgIpc) is 2.97. The van der Waals surface area contributed by atoms with Gasteiger partial charge >= 0.3 is 0 Å². The van der Waals surface area contributed by atoms with E-state index in [9.17, 15) is 4.79 Å². The second-order valence-corrected chi connectivity index (χ2v) is 15.2. The minimum atomic E-state index is -0.550. The maximum absolute atomic E-state index is 13.5. The molecule has 0 saturated heterocycles. The van der Waals surface area contributed by atoms with Crippen LogP contribution in [-0.4, -0.2) is 99.2 Å². The highest BCUT2D eigenvalue weighted by atomic mass is 16.5. The molecule has 3 rings (SSSR count). The largest absolute Gasteiger partial charge is 0.492 e. The molecule has 0 aliphatic carbocycles. The molecule has 2 aliphatic heterocycles. The number of hydrogen-bond donors (Lipinski definition) is 0. The number of hydrogen-bond acceptors (Lipinski definition) is 7. The summed E-state index contributed by atoms with van der Waals surface area (Å²) in [6, 6.07) is 0. The van der Waals surface area contributed by atoms with Crippen molar-refractivity contribution in [3.05, 3.63) is 52.1 Å². The predicted octanol–water partition coefficient (Wildman–Crippen LogP) is 8.68. The number of fused-ring (bicyclic) bond motifs is 3. The molecule has 0 amide bonds. The van der Waals surface area contributed by atoms with E-state index in [0.717, 1.165) is 94.5 Å². The highest BCUT2D eigenvalue weighted by molar-refractivity contribution is 6.04. The molecule has 2 aliphatic rings. The number of ether oxygens (including phenoxy) is 3. The summed E-state index contributed by atoms with van der Waals surface area (Å²) in [7, 11) is 8.52. The molecule has 1 aromatic carbocycles. The normalized spacial score (nSPS) is 19.5. The van der Waals surface area contributed by atoms with Crippen molar-refractivity contribution in [2.45, 2.75) is 105 Å². The molecule has 48 heavy (non-hydrogen) atoms. The number of rotatable bonds is 20. The van der Waals surface area contributed by atoms with Gasteiger partial charge in [0.2, 0.25) is 0 Å². The molecule has 0 saturated carbocycles. The lowest BCUT2D eigenvalue weighted by Crippen LogP contribution is -2.35. The Bertz CT molecular complexity index is 1340. The van der Waals surface area contributed by atoms with Gasteiger partial charge in [0.15, 0.2) is 5.78 Å². The molecule has 0 spiro atoms. The maximum Gasteiger partial charge on any atom is 0.167 e. The number of carbonyl (C=O) groups is 1. The van der Waals surface area contributed by atoms with Crippen LogP contribution in [0.2, 0.25) is 0 Å². The Balaban J connectivity index is 1.93. The standard InChI is InChI=1S/C41H65N3O4/c1-31(2)17-12-21-40(6)23-19-34-37(47-40)35-20-24-41(7,22-13-18-32(3)4)48-39(35)36(33(5)45)38(34)46-30-16-29-44(27-14-25-42(8)9)28-15-26-43(10)11/h17-20,23-24H,12-16,21-22,25-30H2,1-11H3. The molecular weight excluding hydrogens is 598 g/mol. The van der Waals surface area contributed by atoms with Crippen molar-refractivity contribution in [2.24, 2.45) is 0 Å². The summed E-state index contributed by atoms with van der Waals surface area (Å²) in [5.74, 6) is 1.83. The van der Waals surface area contributed by atoms with Crippen LogP contribution in [-0.2, 0) is 0 Å². The lowest BCUT2D eigenvalue weighted by atomic mass is 9.88. The van der Waals surface area contributed by atoms with E-state index in [1.807, 2.05) is 0 Å². The smallest absolute Gasteiger partial charge is 0.167 e. The van der Waals surface area contributed by atoms with Crippen LogP contribution in [0.3, 0.4) is 0 Å². The van der Waals surface area contributed by atoms with E-state index >= 15 is 0 Å². The molecule has 0 N–H and O–H groups in total. The van der Waals surface area contributed by atoms with Crippen LogP contribution < -0.4 is 14.2 Å². The Labute approximate surface area is 292 Å². The first-order valence-corrected chi connectivity index (χ1v) is 18.1. The number of carbonyl (C=O) groups excluding carboxylic acids is 1. The van der Waals surface area contributed by atoms with Gasteiger partial charge in [-0.2, -0.15) is 0 Å². The summed E-state index contributed by atoms with van der Waals surface area (Å²) in [5.41, 5.74) is 3.72. The van der Waals surface area contributed by atoms with Gasteiger partial charge in [-0.25, -0.2) is 0 Å². The van der Waals surface area contributed by atoms with Crippen LogP contribution in [0, 0.1) is 0 Å². The van der Waals surface area contributed by atoms with Gasteiger partial charge in [-0.05, 0) is 172 Å². The molecular formula is C41H65N3O4. The fourth-order valence-electron chi connectivity index (χ4n) is 6.35. The fourth-order valence-corrected chi connectivity index (χ4v) is 6.35. The predicted molar refractivity (Wildman–Crippen MR) is 203 cm³/mol. The molecule has 7 nitrogen and oxygen atoms in total. The number of benzene rings is 1. The summed E-state index contributed by atoms with van der Waals surface area (Å²) >= 11 is 0. The molecule has 2 unspecified atom stereocenters. The van der Waals surface area contributed by atoms with E-state index in [-0.39, 0.29) is 5.78 Å². The number of nitrogens with zero attached hydrogens (tertiary/aromatic N) is 3. The molecule has 0 aromatic heterocycles. The van der Waals surface area contributed by atoms with Gasteiger partial charge in [0.25, 0.3) is 0 Å². The van der Waals surface area contributed by atoms with Gasteiger partial charge in [-0.1, -0.05) is 23.3 Å². The Morgan fingerprint density at radius 1 is 0.708 bits per heavy atom. The zero-order valence-electron chi connectivity index (χ0n) is 32.1. The van der Waals surface area contributed by atoms with Crippen LogP contribution in [0.4, 0.5) is 0 Å². The SMILES string of the molecule is CC(=O)c1c(OCCCN(CCCN(C)C)CCCN(C)C)c2c(c3c1OC(C)(CCC=C(C)C)C=C3)OC(C)(CCC=C(C)C)C=C2. The van der Waals surface area contributed by atoms with Gasteiger partial charge in [-0.3, -0.25) is 4.79 Å². The Hall–Kier alpha value is -2.87. The van der Waals surface area contributed by atoms with E-state index in [1.165, 1.54) is 11.1 Å². The van der Waals surface area contributed by atoms with Crippen molar-refractivity contribution in [2.75, 3.05) is 67.5 Å². The highest BCUT2D eigenvalue weighted by Gasteiger charge is 2.38. The highest BCUT2D eigenvalue weighted by Crippen LogP contribution is 2.52. The first kappa shape index (κ1) is 39.6. The Kier molecular flexibility index (Phi) is 15.0. The van der Waals surface area contributed by atoms with Gasteiger partial charge in [0.05, 0.1) is 17.7 Å². The molecule has 2 heterocycles. The topological polar surface area (TPSA) is 54.5 Å². The summed E-state index contributed by atoms with van der Waals surface area (Å²) in [4.78, 5) is 20.5. The lowest BCUT2D eigenvalue weighted by Gasteiger charge is -2.38. The minimum absolute atomic E-state index is 0.0645. The van der Waals surface area contributed by atoms with Crippen LogP contribution >= 0.6 is 0 Å². The van der Waals surface area contributed by atoms with Crippen LogP contribution in [0.5, 0.6) is 17.2 Å². The monoisotopic (exact) mass is 663 g/mol. The minimum Gasteiger partial charge on any atom is -0.492 e. The third-order valence-corrected chi connectivity index (χ3v) is 9.07. The van der Waals surface area contributed by atoms with Crippen molar-refractivity contribution in [3.8, 4) is 17.2 Å². The van der Waals surface area contributed by atoms with Crippen molar-refractivity contribution < 1.29 is 19.0 Å². The quantitative estimate of drug-likeness (QED) is 0.0786. The zero-order valence-corrected chi connectivity index (χ0v) is 32.1. The Morgan fingerprint density at radius 3 is 1.67 bits per heavy atom. The van der Waals surface area contributed by atoms with Crippen molar-refractivity contribution >= 4 is 17.9 Å².